The van der Waals surface area contributed by atoms with Gasteiger partial charge >= 0.3 is 0 Å². The fourth-order valence-electron chi connectivity index (χ4n) is 0.951. The van der Waals surface area contributed by atoms with Gasteiger partial charge in [-0.15, -0.1) is 11.8 Å². The molecule has 0 bridgehead atoms. The highest BCUT2D eigenvalue weighted by molar-refractivity contribution is 9.11. The number of carbonyl (C=O) groups is 1. The van der Waals surface area contributed by atoms with Crippen molar-refractivity contribution in [2.75, 3.05) is 12.3 Å². The molecule has 0 aliphatic rings. The molecule has 0 saturated carbocycles. The topological polar surface area (TPSA) is 29.1 Å². The summed E-state index contributed by atoms with van der Waals surface area (Å²) in [5.41, 5.74) is 0. The fraction of sp³-hybridized carbons (Fsp3) is 0.182. The molecule has 0 fully saturated rings. The highest BCUT2D eigenvalue weighted by Gasteiger charge is 2.05. The first kappa shape index (κ1) is 13.3. The predicted octanol–water partition coefficient (Wildman–Crippen LogP) is 2.94. The molecule has 1 aromatic carbocycles. The Balaban J connectivity index is 2.37. The Bertz CT molecular complexity index is 397. The van der Waals surface area contributed by atoms with Crippen LogP contribution in [0.1, 0.15) is 0 Å². The molecule has 0 aromatic heterocycles. The van der Waals surface area contributed by atoms with Crippen LogP contribution in [0.25, 0.3) is 0 Å². The van der Waals surface area contributed by atoms with Crippen molar-refractivity contribution >= 4 is 33.6 Å². The summed E-state index contributed by atoms with van der Waals surface area (Å²) < 4.78 is 13.9. The number of benzene rings is 1. The highest BCUT2D eigenvalue weighted by Crippen LogP contribution is 2.20. The Morgan fingerprint density at radius 3 is 2.81 bits per heavy atom. The van der Waals surface area contributed by atoms with Crippen molar-refractivity contribution in [1.29, 1.82) is 0 Å². The van der Waals surface area contributed by atoms with Crippen LogP contribution in [0.15, 0.2) is 40.2 Å². The summed E-state index contributed by atoms with van der Waals surface area (Å²) in [6.45, 7) is 3.98. The van der Waals surface area contributed by atoms with Gasteiger partial charge in [0.05, 0.1) is 5.75 Å². The summed E-state index contributed by atoms with van der Waals surface area (Å²) in [5, 5.41) is 2.64. The maximum absolute atomic E-state index is 13.2. The van der Waals surface area contributed by atoms with Crippen LogP contribution in [-0.2, 0) is 4.79 Å². The van der Waals surface area contributed by atoms with Crippen molar-refractivity contribution in [3.8, 4) is 0 Å². The van der Waals surface area contributed by atoms with E-state index in [-0.39, 0.29) is 17.5 Å². The Labute approximate surface area is 106 Å². The summed E-state index contributed by atoms with van der Waals surface area (Å²) in [6, 6.07) is 6.38. The number of hydrogen-bond acceptors (Lipinski definition) is 2. The summed E-state index contributed by atoms with van der Waals surface area (Å²) in [6.07, 6.45) is 0. The van der Waals surface area contributed by atoms with E-state index in [9.17, 15) is 9.18 Å². The third-order valence-corrected chi connectivity index (χ3v) is 3.00. The van der Waals surface area contributed by atoms with Crippen LogP contribution in [0.3, 0.4) is 0 Å². The molecule has 86 valence electrons. The third kappa shape index (κ3) is 4.81. The molecule has 2 nitrogen and oxygen atoms in total. The van der Waals surface area contributed by atoms with Crippen molar-refractivity contribution in [2.45, 2.75) is 4.90 Å². The van der Waals surface area contributed by atoms with Gasteiger partial charge in [-0.05, 0) is 12.1 Å². The number of rotatable bonds is 5. The van der Waals surface area contributed by atoms with E-state index in [1.165, 1.54) is 17.8 Å². The largest absolute Gasteiger partial charge is 0.351 e. The van der Waals surface area contributed by atoms with Gasteiger partial charge in [0.2, 0.25) is 5.91 Å². The maximum Gasteiger partial charge on any atom is 0.230 e. The summed E-state index contributed by atoms with van der Waals surface area (Å²) >= 11 is 4.31. The smallest absolute Gasteiger partial charge is 0.230 e. The summed E-state index contributed by atoms with van der Waals surface area (Å²) in [7, 11) is 0. The Morgan fingerprint density at radius 1 is 1.50 bits per heavy atom. The Kier molecular flexibility index (Phi) is 5.55. The van der Waals surface area contributed by atoms with E-state index in [1.54, 1.807) is 18.2 Å². The Morgan fingerprint density at radius 2 is 2.19 bits per heavy atom. The lowest BCUT2D eigenvalue weighted by Crippen LogP contribution is -2.26. The Hall–Kier alpha value is -0.810. The number of nitrogens with one attached hydrogen (secondary N) is 1. The zero-order chi connectivity index (χ0) is 12.0. The molecular formula is C11H11BrFNOS. The second kappa shape index (κ2) is 6.70. The lowest BCUT2D eigenvalue weighted by Gasteiger charge is -2.04. The number of hydrogen-bond donors (Lipinski definition) is 1. The maximum atomic E-state index is 13.2. The van der Waals surface area contributed by atoms with E-state index in [0.717, 1.165) is 0 Å². The molecule has 0 aliphatic heterocycles. The SMILES string of the molecule is C=C(Br)CNC(=O)CSc1ccccc1F. The number of halogens is 2. The molecule has 0 radical (unpaired) electrons. The zero-order valence-corrected chi connectivity index (χ0v) is 10.9. The molecule has 0 unspecified atom stereocenters. The minimum absolute atomic E-state index is 0.145. The van der Waals surface area contributed by atoms with Gasteiger partial charge in [-0.25, -0.2) is 4.39 Å². The highest BCUT2D eigenvalue weighted by atomic mass is 79.9. The first-order chi connectivity index (χ1) is 7.59. The second-order valence-corrected chi connectivity index (χ2v) is 5.15. The molecule has 1 aromatic rings. The molecule has 0 aliphatic carbocycles. The summed E-state index contributed by atoms with van der Waals surface area (Å²) in [4.78, 5) is 11.8. The molecular weight excluding hydrogens is 293 g/mol. The minimum atomic E-state index is -0.301. The molecule has 0 heterocycles. The van der Waals surface area contributed by atoms with E-state index in [2.05, 4.69) is 27.8 Å². The molecule has 1 N–H and O–H groups in total. The number of thioether (sulfide) groups is 1. The molecule has 0 saturated heterocycles. The normalized spacial score (nSPS) is 9.88. The first-order valence-corrected chi connectivity index (χ1v) is 6.35. The average molecular weight is 304 g/mol. The van der Waals surface area contributed by atoms with Gasteiger partial charge < -0.3 is 5.32 Å². The van der Waals surface area contributed by atoms with Crippen molar-refractivity contribution in [1.82, 2.24) is 5.32 Å². The van der Waals surface area contributed by atoms with Crippen molar-refractivity contribution in [3.63, 3.8) is 0 Å². The van der Waals surface area contributed by atoms with E-state index in [0.29, 0.717) is 15.9 Å². The van der Waals surface area contributed by atoms with Crippen LogP contribution in [0, 0.1) is 5.82 Å². The van der Waals surface area contributed by atoms with E-state index < -0.39 is 0 Å². The third-order valence-electron chi connectivity index (χ3n) is 1.67. The van der Waals surface area contributed by atoms with Crippen molar-refractivity contribution < 1.29 is 9.18 Å². The van der Waals surface area contributed by atoms with Gasteiger partial charge in [0.25, 0.3) is 0 Å². The number of carbonyl (C=O) groups excluding carboxylic acids is 1. The molecule has 0 spiro atoms. The van der Waals surface area contributed by atoms with Crippen LogP contribution in [0.4, 0.5) is 4.39 Å². The molecule has 16 heavy (non-hydrogen) atoms. The number of amides is 1. The molecule has 1 rings (SSSR count). The van der Waals surface area contributed by atoms with Gasteiger partial charge in [0, 0.05) is 15.9 Å². The van der Waals surface area contributed by atoms with E-state index in [4.69, 9.17) is 0 Å². The quantitative estimate of drug-likeness (QED) is 0.848. The summed E-state index contributed by atoms with van der Waals surface area (Å²) in [5.74, 6) is -0.250. The fourth-order valence-corrected chi connectivity index (χ4v) is 1.86. The van der Waals surface area contributed by atoms with Crippen molar-refractivity contribution in [2.24, 2.45) is 0 Å². The lowest BCUT2D eigenvalue weighted by atomic mass is 10.3. The van der Waals surface area contributed by atoms with Gasteiger partial charge in [0.15, 0.2) is 0 Å². The van der Waals surface area contributed by atoms with Crippen LogP contribution in [0.5, 0.6) is 0 Å². The van der Waals surface area contributed by atoms with Gasteiger partial charge in [-0.2, -0.15) is 0 Å². The van der Waals surface area contributed by atoms with Crippen LogP contribution in [-0.4, -0.2) is 18.2 Å². The van der Waals surface area contributed by atoms with Gasteiger partial charge in [-0.3, -0.25) is 4.79 Å². The molecule has 1 amide bonds. The monoisotopic (exact) mass is 303 g/mol. The van der Waals surface area contributed by atoms with E-state index >= 15 is 0 Å². The minimum Gasteiger partial charge on any atom is -0.351 e. The molecule has 5 heteroatoms. The van der Waals surface area contributed by atoms with Crippen LogP contribution < -0.4 is 5.32 Å². The standard InChI is InChI=1S/C11H11BrFNOS/c1-8(12)6-14-11(15)7-16-10-5-3-2-4-9(10)13/h2-5H,1,6-7H2,(H,14,15). The van der Waals surface area contributed by atoms with Gasteiger partial charge in [-0.1, -0.05) is 34.6 Å². The lowest BCUT2D eigenvalue weighted by molar-refractivity contribution is -0.118. The second-order valence-electron chi connectivity index (χ2n) is 3.01. The van der Waals surface area contributed by atoms with Gasteiger partial charge in [0.1, 0.15) is 5.82 Å². The first-order valence-electron chi connectivity index (χ1n) is 4.57. The predicted molar refractivity (Wildman–Crippen MR) is 68.2 cm³/mol. The van der Waals surface area contributed by atoms with E-state index in [1.807, 2.05) is 0 Å². The zero-order valence-electron chi connectivity index (χ0n) is 8.50. The van der Waals surface area contributed by atoms with Crippen LogP contribution in [0.2, 0.25) is 0 Å². The average Bonchev–Trinajstić information content (AvgIpc) is 2.25. The van der Waals surface area contributed by atoms with Crippen LogP contribution >= 0.6 is 27.7 Å². The molecule has 0 atom stereocenters. The van der Waals surface area contributed by atoms with Crippen molar-refractivity contribution in [3.05, 3.63) is 41.1 Å².